The zero-order chi connectivity index (χ0) is 6.91. The maximum absolute atomic E-state index is 5.50. The molecule has 2 nitrogen and oxygen atoms in total. The Morgan fingerprint density at radius 2 is 2.22 bits per heavy atom. The van der Waals surface area contributed by atoms with Crippen molar-refractivity contribution in [2.45, 2.75) is 38.3 Å². The molecule has 0 amide bonds. The van der Waals surface area contributed by atoms with E-state index >= 15 is 0 Å². The second kappa shape index (κ2) is 2.27. The third-order valence-corrected chi connectivity index (χ3v) is 1.65. The highest BCUT2D eigenvalue weighted by Gasteiger charge is 2.38. The molecule has 1 rings (SSSR count). The molecular weight excluding hydrogens is 114 g/mol. The van der Waals surface area contributed by atoms with E-state index in [1.807, 2.05) is 6.92 Å². The van der Waals surface area contributed by atoms with Gasteiger partial charge in [-0.05, 0) is 26.7 Å². The molecule has 2 N–H and O–H groups in total. The third kappa shape index (κ3) is 2.33. The van der Waals surface area contributed by atoms with Crippen molar-refractivity contribution in [1.29, 1.82) is 0 Å². The molecule has 0 heterocycles. The number of ether oxygens (including phenoxy) is 1. The van der Waals surface area contributed by atoms with Crippen molar-refractivity contribution in [3.63, 3.8) is 0 Å². The van der Waals surface area contributed by atoms with Gasteiger partial charge < -0.3 is 10.5 Å². The highest BCUT2D eigenvalue weighted by atomic mass is 16.5. The standard InChI is InChI=1S/C7H15NO/c1-6(8)5-9-7(2)3-4-7/h6H,3-5,8H2,1-2H3. The van der Waals surface area contributed by atoms with Crippen LogP contribution in [-0.4, -0.2) is 18.2 Å². The van der Waals surface area contributed by atoms with Crippen LogP contribution in [-0.2, 0) is 4.74 Å². The largest absolute Gasteiger partial charge is 0.374 e. The summed E-state index contributed by atoms with van der Waals surface area (Å²) < 4.78 is 5.48. The molecular formula is C7H15NO. The van der Waals surface area contributed by atoms with Crippen LogP contribution < -0.4 is 5.73 Å². The van der Waals surface area contributed by atoms with Gasteiger partial charge in [-0.1, -0.05) is 0 Å². The second-order valence-corrected chi connectivity index (χ2v) is 3.24. The van der Waals surface area contributed by atoms with Crippen molar-refractivity contribution in [3.8, 4) is 0 Å². The fourth-order valence-electron chi connectivity index (χ4n) is 0.653. The normalized spacial score (nSPS) is 25.7. The molecule has 0 aromatic heterocycles. The maximum Gasteiger partial charge on any atom is 0.0657 e. The van der Waals surface area contributed by atoms with Gasteiger partial charge in [0, 0.05) is 6.04 Å². The average molecular weight is 129 g/mol. The molecule has 2 heteroatoms. The van der Waals surface area contributed by atoms with Gasteiger partial charge >= 0.3 is 0 Å². The first-order valence-corrected chi connectivity index (χ1v) is 3.52. The Kier molecular flexibility index (Phi) is 1.78. The van der Waals surface area contributed by atoms with Gasteiger partial charge in [-0.3, -0.25) is 0 Å². The van der Waals surface area contributed by atoms with Crippen molar-refractivity contribution >= 4 is 0 Å². The van der Waals surface area contributed by atoms with Crippen LogP contribution in [0.4, 0.5) is 0 Å². The number of hydrogen-bond acceptors (Lipinski definition) is 2. The summed E-state index contributed by atoms with van der Waals surface area (Å²) in [4.78, 5) is 0. The van der Waals surface area contributed by atoms with Gasteiger partial charge in [0.1, 0.15) is 0 Å². The molecule has 0 aliphatic heterocycles. The zero-order valence-electron chi connectivity index (χ0n) is 6.18. The van der Waals surface area contributed by atoms with E-state index in [2.05, 4.69) is 6.92 Å². The van der Waals surface area contributed by atoms with Crippen molar-refractivity contribution < 1.29 is 4.74 Å². The lowest BCUT2D eigenvalue weighted by atomic mass is 10.3. The van der Waals surface area contributed by atoms with Crippen LogP contribution in [0.15, 0.2) is 0 Å². The van der Waals surface area contributed by atoms with Crippen LogP contribution >= 0.6 is 0 Å². The average Bonchev–Trinajstić information content (AvgIpc) is 2.45. The lowest BCUT2D eigenvalue weighted by molar-refractivity contribution is 0.0398. The summed E-state index contributed by atoms with van der Waals surface area (Å²) in [6.45, 7) is 4.80. The molecule has 1 aliphatic carbocycles. The van der Waals surface area contributed by atoms with E-state index < -0.39 is 0 Å². The van der Waals surface area contributed by atoms with Crippen molar-refractivity contribution in [2.24, 2.45) is 5.73 Å². The van der Waals surface area contributed by atoms with Gasteiger partial charge in [0.05, 0.1) is 12.2 Å². The smallest absolute Gasteiger partial charge is 0.0657 e. The molecule has 0 spiro atoms. The predicted octanol–water partition coefficient (Wildman–Crippen LogP) is 0.903. The van der Waals surface area contributed by atoms with Gasteiger partial charge in [-0.2, -0.15) is 0 Å². The number of nitrogens with two attached hydrogens (primary N) is 1. The topological polar surface area (TPSA) is 35.2 Å². The van der Waals surface area contributed by atoms with E-state index in [0.717, 1.165) is 0 Å². The van der Waals surface area contributed by atoms with Crippen LogP contribution in [0.1, 0.15) is 26.7 Å². The molecule has 0 radical (unpaired) electrons. The van der Waals surface area contributed by atoms with E-state index in [0.29, 0.717) is 6.61 Å². The molecule has 1 saturated carbocycles. The Labute approximate surface area is 56.4 Å². The van der Waals surface area contributed by atoms with Gasteiger partial charge in [-0.25, -0.2) is 0 Å². The first-order chi connectivity index (χ1) is 4.12. The lowest BCUT2D eigenvalue weighted by Crippen LogP contribution is -2.25. The SMILES string of the molecule is CC(N)COC1(C)CC1. The fourth-order valence-corrected chi connectivity index (χ4v) is 0.653. The van der Waals surface area contributed by atoms with Crippen LogP contribution in [0.25, 0.3) is 0 Å². The highest BCUT2D eigenvalue weighted by Crippen LogP contribution is 2.38. The Morgan fingerprint density at radius 3 is 2.56 bits per heavy atom. The van der Waals surface area contributed by atoms with Gasteiger partial charge in [0.15, 0.2) is 0 Å². The summed E-state index contributed by atoms with van der Waals surface area (Å²) in [7, 11) is 0. The molecule has 1 unspecified atom stereocenters. The van der Waals surface area contributed by atoms with E-state index in [1.165, 1.54) is 12.8 Å². The summed E-state index contributed by atoms with van der Waals surface area (Å²) >= 11 is 0. The second-order valence-electron chi connectivity index (χ2n) is 3.24. The summed E-state index contributed by atoms with van der Waals surface area (Å²) in [5.74, 6) is 0. The van der Waals surface area contributed by atoms with E-state index in [1.54, 1.807) is 0 Å². The summed E-state index contributed by atoms with van der Waals surface area (Å²) in [5, 5.41) is 0. The first-order valence-electron chi connectivity index (χ1n) is 3.52. The van der Waals surface area contributed by atoms with E-state index in [9.17, 15) is 0 Å². The van der Waals surface area contributed by atoms with Crippen LogP contribution in [0.5, 0.6) is 0 Å². The molecule has 1 atom stereocenters. The Morgan fingerprint density at radius 1 is 1.67 bits per heavy atom. The van der Waals surface area contributed by atoms with Gasteiger partial charge in [0.25, 0.3) is 0 Å². The Hall–Kier alpha value is -0.0800. The van der Waals surface area contributed by atoms with Gasteiger partial charge in [0.2, 0.25) is 0 Å². The summed E-state index contributed by atoms with van der Waals surface area (Å²) in [6, 6.07) is 0.183. The minimum absolute atomic E-state index is 0.183. The third-order valence-electron chi connectivity index (χ3n) is 1.65. The van der Waals surface area contributed by atoms with Crippen LogP contribution in [0, 0.1) is 0 Å². The fraction of sp³-hybridized carbons (Fsp3) is 1.00. The molecule has 0 aromatic carbocycles. The Bertz CT molecular complexity index is 97.1. The molecule has 0 saturated heterocycles. The molecule has 1 fully saturated rings. The highest BCUT2D eigenvalue weighted by molar-refractivity contribution is 4.90. The number of rotatable bonds is 3. The Balaban J connectivity index is 2.05. The van der Waals surface area contributed by atoms with Gasteiger partial charge in [-0.15, -0.1) is 0 Å². The lowest BCUT2D eigenvalue weighted by Gasteiger charge is -2.11. The van der Waals surface area contributed by atoms with Crippen molar-refractivity contribution in [2.75, 3.05) is 6.61 Å². The first kappa shape index (κ1) is 7.03. The molecule has 0 bridgehead atoms. The summed E-state index contributed by atoms with van der Waals surface area (Å²) in [6.07, 6.45) is 2.42. The van der Waals surface area contributed by atoms with E-state index in [-0.39, 0.29) is 11.6 Å². The minimum atomic E-state index is 0.183. The molecule has 1 aliphatic rings. The predicted molar refractivity (Wildman–Crippen MR) is 37.2 cm³/mol. The number of hydrogen-bond donors (Lipinski definition) is 1. The van der Waals surface area contributed by atoms with Crippen LogP contribution in [0.3, 0.4) is 0 Å². The zero-order valence-corrected chi connectivity index (χ0v) is 6.18. The monoisotopic (exact) mass is 129 g/mol. The van der Waals surface area contributed by atoms with Crippen molar-refractivity contribution in [3.05, 3.63) is 0 Å². The van der Waals surface area contributed by atoms with Crippen molar-refractivity contribution in [1.82, 2.24) is 0 Å². The quantitative estimate of drug-likeness (QED) is 0.614. The maximum atomic E-state index is 5.50. The molecule has 0 aromatic rings. The summed E-state index contributed by atoms with van der Waals surface area (Å²) in [5.41, 5.74) is 5.70. The van der Waals surface area contributed by atoms with Crippen LogP contribution in [0.2, 0.25) is 0 Å². The van der Waals surface area contributed by atoms with E-state index in [4.69, 9.17) is 10.5 Å². The molecule has 9 heavy (non-hydrogen) atoms. The minimum Gasteiger partial charge on any atom is -0.374 e. The molecule has 54 valence electrons.